The Kier molecular flexibility index (Phi) is 14.8. The number of amides is 1. The van der Waals surface area contributed by atoms with E-state index in [1.807, 2.05) is 79.7 Å². The lowest BCUT2D eigenvalue weighted by molar-refractivity contribution is 0.0370. The number of para-hydroxylation sites is 1. The van der Waals surface area contributed by atoms with Crippen LogP contribution in [0.4, 0.5) is 11.4 Å². The number of carbonyl (C=O) groups excluding carboxylic acids is 1. The van der Waals surface area contributed by atoms with E-state index in [4.69, 9.17) is 9.47 Å². The number of nitrogens with zero attached hydrogens (tertiary/aromatic N) is 3. The highest BCUT2D eigenvalue weighted by atomic mass is 32.2. The minimum atomic E-state index is -4.12. The Hall–Kier alpha value is -5.63. The summed E-state index contributed by atoms with van der Waals surface area (Å²) in [7, 11) is -4.12. The number of benzene rings is 6. The lowest BCUT2D eigenvalue weighted by atomic mass is 9.99. The summed E-state index contributed by atoms with van der Waals surface area (Å²) in [6.07, 6.45) is 0.933. The Bertz CT molecular complexity index is 2510. The molecule has 0 spiro atoms. The second-order valence-electron chi connectivity index (χ2n) is 16.0. The molecule has 2 fully saturated rings. The molecule has 0 radical (unpaired) electrons. The van der Waals surface area contributed by atoms with Gasteiger partial charge in [-0.2, -0.15) is 0 Å². The predicted octanol–water partition coefficient (Wildman–Crippen LogP) is 9.19. The summed E-state index contributed by atoms with van der Waals surface area (Å²) in [5, 5.41) is 3.69. The molecule has 6 aromatic carbocycles. The van der Waals surface area contributed by atoms with E-state index < -0.39 is 15.9 Å². The van der Waals surface area contributed by atoms with Gasteiger partial charge in [0.05, 0.1) is 18.1 Å². The minimum absolute atomic E-state index is 0.0471. The molecule has 0 aromatic heterocycles. The molecule has 2 heterocycles. The Morgan fingerprint density at radius 3 is 2.11 bits per heavy atom. The first-order chi connectivity index (χ1) is 30.8. The van der Waals surface area contributed by atoms with E-state index in [-0.39, 0.29) is 16.5 Å². The molecule has 8 rings (SSSR count). The largest absolute Gasteiger partial charge is 0.457 e. The van der Waals surface area contributed by atoms with Gasteiger partial charge in [0.2, 0.25) is 0 Å². The van der Waals surface area contributed by atoms with Crippen molar-refractivity contribution >= 4 is 39.1 Å². The van der Waals surface area contributed by atoms with Crippen molar-refractivity contribution in [3.8, 4) is 22.6 Å². The Labute approximate surface area is 376 Å². The van der Waals surface area contributed by atoms with Crippen LogP contribution < -0.4 is 19.7 Å². The highest BCUT2D eigenvalue weighted by Gasteiger charge is 2.23. The van der Waals surface area contributed by atoms with Crippen LogP contribution in [-0.2, 0) is 21.3 Å². The molecule has 6 aromatic rings. The second kappa shape index (κ2) is 21.2. The highest BCUT2D eigenvalue weighted by molar-refractivity contribution is 7.99. The lowest BCUT2D eigenvalue weighted by Gasteiger charge is -2.36. The van der Waals surface area contributed by atoms with Crippen LogP contribution in [0.15, 0.2) is 161 Å². The highest BCUT2D eigenvalue weighted by Crippen LogP contribution is 2.30. The number of ether oxygens (including phenoxy) is 2. The minimum Gasteiger partial charge on any atom is -0.457 e. The topological polar surface area (TPSA) is 103 Å². The maximum Gasteiger partial charge on any atom is 0.264 e. The Morgan fingerprint density at radius 1 is 0.730 bits per heavy atom. The molecule has 1 atom stereocenters. The van der Waals surface area contributed by atoms with Gasteiger partial charge in [-0.05, 0) is 114 Å². The fraction of sp³-hybridized carbons (Fsp3) is 0.275. The van der Waals surface area contributed by atoms with Crippen molar-refractivity contribution in [2.75, 3.05) is 75.0 Å². The number of rotatable bonds is 17. The maximum absolute atomic E-state index is 13.5. The van der Waals surface area contributed by atoms with Crippen LogP contribution in [0.3, 0.4) is 0 Å². The smallest absolute Gasteiger partial charge is 0.264 e. The van der Waals surface area contributed by atoms with Crippen molar-refractivity contribution in [1.29, 1.82) is 0 Å². The van der Waals surface area contributed by atoms with Crippen molar-refractivity contribution in [2.45, 2.75) is 35.7 Å². The van der Waals surface area contributed by atoms with Gasteiger partial charge in [-0.1, -0.05) is 72.8 Å². The number of carbonyl (C=O) groups is 1. The fourth-order valence-electron chi connectivity index (χ4n) is 7.99. The van der Waals surface area contributed by atoms with Gasteiger partial charge in [-0.25, -0.2) is 13.1 Å². The van der Waals surface area contributed by atoms with Crippen LogP contribution in [0, 0.1) is 6.92 Å². The molecule has 0 unspecified atom stereocenters. The SMILES string of the molecule is Cc1cc(S(=O)(=O)NC(=O)c2ccc(N3CCN(Cc4ccccc4-c4ccc(Oc5ccccc5)cc4)CC3)cc2)ccc1N[C@H](CCN1CCOCC1)CSc1ccccc1. The first kappa shape index (κ1) is 44.0. The molecule has 2 aliphatic heterocycles. The summed E-state index contributed by atoms with van der Waals surface area (Å²) in [5.74, 6) is 1.81. The van der Waals surface area contributed by atoms with Gasteiger partial charge in [0.25, 0.3) is 15.9 Å². The van der Waals surface area contributed by atoms with Crippen LogP contribution in [0.2, 0.25) is 0 Å². The van der Waals surface area contributed by atoms with Gasteiger partial charge in [-0.3, -0.25) is 14.6 Å². The number of aryl methyl sites for hydroxylation is 1. The third kappa shape index (κ3) is 12.1. The van der Waals surface area contributed by atoms with Crippen LogP contribution in [0.1, 0.15) is 27.9 Å². The first-order valence-electron chi connectivity index (χ1n) is 21.7. The van der Waals surface area contributed by atoms with Gasteiger partial charge >= 0.3 is 0 Å². The van der Waals surface area contributed by atoms with Crippen LogP contribution in [0.5, 0.6) is 11.5 Å². The van der Waals surface area contributed by atoms with Crippen molar-refractivity contribution in [2.24, 2.45) is 0 Å². The average Bonchev–Trinajstić information content (AvgIpc) is 3.32. The van der Waals surface area contributed by atoms with Crippen LogP contribution in [0.25, 0.3) is 11.1 Å². The lowest BCUT2D eigenvalue weighted by Crippen LogP contribution is -2.46. The number of hydrogen-bond donors (Lipinski definition) is 2. The molecule has 10 nitrogen and oxygen atoms in total. The van der Waals surface area contributed by atoms with E-state index in [0.29, 0.717) is 0 Å². The van der Waals surface area contributed by atoms with E-state index in [1.54, 1.807) is 42.1 Å². The number of thioether (sulfide) groups is 1. The predicted molar refractivity (Wildman–Crippen MR) is 255 cm³/mol. The molecule has 63 heavy (non-hydrogen) atoms. The standard InChI is InChI=1S/C51H55N5O5S2/c1-39-36-48(24-25-50(39)52-43(26-27-54-32-34-60-35-33-54)38-62-47-13-6-3-7-14-47)63(58,59)53-51(57)41-16-20-44(21-17-41)56-30-28-55(29-31-56)37-42-10-8-9-15-49(42)40-18-22-46(23-19-40)61-45-11-4-2-5-12-45/h2-25,36,43,52H,26-35,37-38H2,1H3,(H,53,57)/t43-/m1/s1. The average molecular weight is 882 g/mol. The second-order valence-corrected chi connectivity index (χ2v) is 18.8. The molecule has 0 bridgehead atoms. The summed E-state index contributed by atoms with van der Waals surface area (Å²) >= 11 is 1.80. The molecule has 2 aliphatic rings. The summed E-state index contributed by atoms with van der Waals surface area (Å²) in [5.41, 5.74) is 6.57. The third-order valence-corrected chi connectivity index (χ3v) is 14.1. The number of sulfonamides is 1. The number of hydrogen-bond acceptors (Lipinski definition) is 10. The summed E-state index contributed by atoms with van der Waals surface area (Å²) in [6.45, 7) is 10.5. The molecule has 2 N–H and O–H groups in total. The molecular weight excluding hydrogens is 827 g/mol. The van der Waals surface area contributed by atoms with Gasteiger partial charge in [0.15, 0.2) is 0 Å². The zero-order valence-electron chi connectivity index (χ0n) is 35.7. The van der Waals surface area contributed by atoms with Crippen LogP contribution >= 0.6 is 11.8 Å². The fourth-order valence-corrected chi connectivity index (χ4v) is 10.0. The molecular formula is C51H55N5O5S2. The van der Waals surface area contributed by atoms with E-state index in [1.165, 1.54) is 16.0 Å². The van der Waals surface area contributed by atoms with Crippen LogP contribution in [-0.4, -0.2) is 94.9 Å². The first-order valence-corrected chi connectivity index (χ1v) is 24.1. The van der Waals surface area contributed by atoms with Gasteiger partial charge in [-0.15, -0.1) is 11.8 Å². The molecule has 1 amide bonds. The number of morpholine rings is 1. The summed E-state index contributed by atoms with van der Waals surface area (Å²) in [6, 6.07) is 49.3. The molecule has 12 heteroatoms. The number of piperazine rings is 1. The Balaban J connectivity index is 0.833. The quantitative estimate of drug-likeness (QED) is 0.0863. The maximum atomic E-state index is 13.5. The summed E-state index contributed by atoms with van der Waals surface area (Å²) in [4.78, 5) is 21.8. The normalized spacial score (nSPS) is 15.4. The van der Waals surface area contributed by atoms with E-state index in [0.717, 1.165) is 112 Å². The zero-order chi connectivity index (χ0) is 43.4. The number of anilines is 2. The monoisotopic (exact) mass is 881 g/mol. The Morgan fingerprint density at radius 2 is 1.40 bits per heavy atom. The molecule has 0 aliphatic carbocycles. The van der Waals surface area contributed by atoms with Crippen molar-refractivity contribution < 1.29 is 22.7 Å². The third-order valence-electron chi connectivity index (χ3n) is 11.6. The van der Waals surface area contributed by atoms with Crippen molar-refractivity contribution in [1.82, 2.24) is 14.5 Å². The van der Waals surface area contributed by atoms with E-state index >= 15 is 0 Å². The van der Waals surface area contributed by atoms with Crippen molar-refractivity contribution in [3.05, 3.63) is 168 Å². The number of nitrogens with one attached hydrogen (secondary N) is 2. The van der Waals surface area contributed by atoms with Crippen molar-refractivity contribution in [3.63, 3.8) is 0 Å². The van der Waals surface area contributed by atoms with E-state index in [2.05, 4.69) is 73.3 Å². The molecule has 0 saturated carbocycles. The van der Waals surface area contributed by atoms with Gasteiger partial charge in [0.1, 0.15) is 11.5 Å². The van der Waals surface area contributed by atoms with Gasteiger partial charge in [0, 0.05) is 86.0 Å². The zero-order valence-corrected chi connectivity index (χ0v) is 37.3. The van der Waals surface area contributed by atoms with Gasteiger partial charge < -0.3 is 19.7 Å². The summed E-state index contributed by atoms with van der Waals surface area (Å²) < 4.78 is 40.8. The molecule has 326 valence electrons. The molecule has 2 saturated heterocycles. The van der Waals surface area contributed by atoms with E-state index in [9.17, 15) is 13.2 Å².